The van der Waals surface area contributed by atoms with Crippen molar-refractivity contribution < 1.29 is 65.9 Å². The summed E-state index contributed by atoms with van der Waals surface area (Å²) < 4.78 is 225. The van der Waals surface area contributed by atoms with Crippen LogP contribution in [0.25, 0.3) is 118 Å². The maximum atomic E-state index is 16.1. The zero-order valence-corrected chi connectivity index (χ0v) is 44.2. The quantitative estimate of drug-likeness (QED) is 0.135. The van der Waals surface area contributed by atoms with Gasteiger partial charge in [-0.3, -0.25) is 0 Å². The largest absolute Gasteiger partial charge is 0.417 e. The minimum absolute atomic E-state index is 0.00705. The smallest absolute Gasteiger partial charge is 0.308 e. The summed E-state index contributed by atoms with van der Waals surface area (Å²) in [5, 5.41) is 0.188. The predicted molar refractivity (Wildman–Crippen MR) is 300 cm³/mol. The standard InChI is InChI=1S/C67H36F15N5/c68-63(69,70)43-23-27-46(52(33-43)66(77,78)79)41-21-25-48-49-26-22-42(47-28-24-44(64(71,72)73)34-53(47)67(80,81)82)30-59(49)87(58(48)29-41)60-50(56-35-54(37-13-5-1-6-14-37)83-61(85-56)39-17-9-3-10-18-39)31-45(65(74,75)76)32-51(60)57-36-55(38-15-7-2-8-16-38)84-62(86-57)40-19-11-4-12-20-40/h1-36H. The molecular formula is C67H36F15N5. The van der Waals surface area contributed by atoms with Gasteiger partial charge < -0.3 is 4.57 Å². The predicted octanol–water partition coefficient (Wildman–Crippen LogP) is 20.8. The van der Waals surface area contributed by atoms with E-state index in [1.54, 1.807) is 121 Å². The highest BCUT2D eigenvalue weighted by atomic mass is 19.4. The van der Waals surface area contributed by atoms with Crippen molar-refractivity contribution in [3.63, 3.8) is 0 Å². The average Bonchev–Trinajstić information content (AvgIpc) is 2.63. The van der Waals surface area contributed by atoms with Crippen LogP contribution in [0.4, 0.5) is 65.9 Å². The molecule has 5 nitrogen and oxygen atoms in total. The molecule has 0 unspecified atom stereocenters. The Kier molecular flexibility index (Phi) is 14.1. The lowest BCUT2D eigenvalue weighted by Crippen LogP contribution is -2.12. The number of halogens is 15. The van der Waals surface area contributed by atoms with Gasteiger partial charge in [0, 0.05) is 44.2 Å². The SMILES string of the molecule is FC(F)(F)c1cc(-c2cc(-c3ccccc3)nc(-c3ccccc3)n2)c(-n2c3cc(-c4ccc(C(F)(F)F)cc4C(F)(F)F)ccc3c3ccc(-c4ccc(C(F)(F)F)cc4C(F)(F)F)cc32)c(-c2cc(-c3ccccc3)nc(-c3ccccc3)n2)c1. The van der Waals surface area contributed by atoms with Gasteiger partial charge in [0.15, 0.2) is 11.6 Å². The number of rotatable bonds is 9. The van der Waals surface area contributed by atoms with Crippen LogP contribution in [-0.4, -0.2) is 24.5 Å². The van der Waals surface area contributed by atoms with E-state index in [0.717, 1.165) is 36.4 Å². The van der Waals surface area contributed by atoms with Crippen LogP contribution in [0.3, 0.4) is 0 Å². The molecule has 0 saturated carbocycles. The number of nitrogens with zero attached hydrogens (tertiary/aromatic N) is 5. The third kappa shape index (κ3) is 11.3. The molecule has 20 heteroatoms. The number of hydrogen-bond donors (Lipinski definition) is 0. The second kappa shape index (κ2) is 21.4. The summed E-state index contributed by atoms with van der Waals surface area (Å²) in [7, 11) is 0. The number of alkyl halides is 15. The highest BCUT2D eigenvalue weighted by molar-refractivity contribution is 6.12. The zero-order chi connectivity index (χ0) is 61.4. The van der Waals surface area contributed by atoms with E-state index in [9.17, 15) is 26.3 Å². The van der Waals surface area contributed by atoms with Crippen molar-refractivity contribution in [1.82, 2.24) is 24.5 Å². The molecule has 87 heavy (non-hydrogen) atoms. The van der Waals surface area contributed by atoms with Gasteiger partial charge in [-0.05, 0) is 82.9 Å². The van der Waals surface area contributed by atoms with Crippen LogP contribution >= 0.6 is 0 Å². The van der Waals surface area contributed by atoms with E-state index >= 15 is 39.5 Å². The molecular weight excluding hydrogens is 1160 g/mol. The van der Waals surface area contributed by atoms with Gasteiger partial charge in [-0.1, -0.05) is 158 Å². The molecule has 3 aromatic heterocycles. The summed E-state index contributed by atoms with van der Waals surface area (Å²) in [5.41, 5.74) is -9.99. The Hall–Kier alpha value is -10.1. The maximum Gasteiger partial charge on any atom is 0.417 e. The Labute approximate surface area is 483 Å². The Morgan fingerprint density at radius 1 is 0.253 bits per heavy atom. The van der Waals surface area contributed by atoms with Gasteiger partial charge in [0.25, 0.3) is 0 Å². The van der Waals surface area contributed by atoms with E-state index in [1.165, 1.54) is 28.8 Å². The van der Waals surface area contributed by atoms with Crippen molar-refractivity contribution in [3.8, 4) is 95.7 Å². The Bertz CT molecular complexity index is 4200. The lowest BCUT2D eigenvalue weighted by molar-refractivity contribution is -0.144. The molecule has 0 N–H and O–H groups in total. The van der Waals surface area contributed by atoms with Gasteiger partial charge in [-0.15, -0.1) is 0 Å². The average molecular weight is 1200 g/mol. The highest BCUT2D eigenvalue weighted by Crippen LogP contribution is 2.49. The van der Waals surface area contributed by atoms with E-state index in [-0.39, 0.29) is 96.3 Å². The molecule has 0 fully saturated rings. The molecule has 0 radical (unpaired) electrons. The molecule has 3 heterocycles. The molecule has 0 aliphatic heterocycles. The molecule has 0 aliphatic carbocycles. The van der Waals surface area contributed by atoms with Crippen molar-refractivity contribution in [2.24, 2.45) is 0 Å². The molecule has 434 valence electrons. The molecule has 0 saturated heterocycles. The first kappa shape index (κ1) is 57.3. The van der Waals surface area contributed by atoms with E-state index in [1.807, 2.05) is 0 Å². The first-order chi connectivity index (χ1) is 41.3. The second-order valence-electron chi connectivity index (χ2n) is 20.1. The molecule has 0 spiro atoms. The summed E-state index contributed by atoms with van der Waals surface area (Å²) in [6.45, 7) is 0. The van der Waals surface area contributed by atoms with Crippen LogP contribution < -0.4 is 0 Å². The molecule has 0 aliphatic rings. The topological polar surface area (TPSA) is 56.5 Å². The van der Waals surface area contributed by atoms with Crippen molar-refractivity contribution in [1.29, 1.82) is 0 Å². The maximum absolute atomic E-state index is 16.1. The summed E-state index contributed by atoms with van der Waals surface area (Å²) >= 11 is 0. The highest BCUT2D eigenvalue weighted by Gasteiger charge is 2.41. The molecule has 12 aromatic rings. The van der Waals surface area contributed by atoms with Gasteiger partial charge in [0.2, 0.25) is 0 Å². The van der Waals surface area contributed by atoms with Gasteiger partial charge in [0.05, 0.1) is 67.3 Å². The summed E-state index contributed by atoms with van der Waals surface area (Å²) in [6, 6.07) is 47.1. The van der Waals surface area contributed by atoms with E-state index in [4.69, 9.17) is 19.9 Å². The fraction of sp³-hybridized carbons (Fsp3) is 0.0746. The third-order valence-electron chi connectivity index (χ3n) is 14.6. The Morgan fingerprint density at radius 3 is 0.920 bits per heavy atom. The minimum Gasteiger partial charge on any atom is -0.308 e. The molecule has 9 aromatic carbocycles. The lowest BCUT2D eigenvalue weighted by atomic mass is 9.94. The van der Waals surface area contributed by atoms with Gasteiger partial charge in [0.1, 0.15) is 0 Å². The fourth-order valence-electron chi connectivity index (χ4n) is 10.6. The first-order valence-electron chi connectivity index (χ1n) is 26.2. The summed E-state index contributed by atoms with van der Waals surface area (Å²) in [4.78, 5) is 19.5. The van der Waals surface area contributed by atoms with Crippen LogP contribution in [0.15, 0.2) is 218 Å². The summed E-state index contributed by atoms with van der Waals surface area (Å²) in [6.07, 6.45) is -26.5. The normalized spacial score (nSPS) is 12.5. The molecule has 0 atom stereocenters. The molecule has 0 amide bonds. The van der Waals surface area contributed by atoms with Crippen molar-refractivity contribution >= 4 is 21.8 Å². The minimum atomic E-state index is -5.42. The number of hydrogen-bond acceptors (Lipinski definition) is 4. The number of benzene rings is 9. The second-order valence-corrected chi connectivity index (χ2v) is 20.1. The van der Waals surface area contributed by atoms with Gasteiger partial charge in [-0.25, -0.2) is 19.9 Å². The molecule has 12 rings (SSSR count). The van der Waals surface area contributed by atoms with Crippen molar-refractivity contribution in [3.05, 3.63) is 246 Å². The monoisotopic (exact) mass is 1200 g/mol. The van der Waals surface area contributed by atoms with Crippen LogP contribution in [0, 0.1) is 0 Å². The fourth-order valence-corrected chi connectivity index (χ4v) is 10.6. The zero-order valence-electron chi connectivity index (χ0n) is 44.2. The Balaban J connectivity index is 1.29. The van der Waals surface area contributed by atoms with E-state index in [2.05, 4.69) is 0 Å². The van der Waals surface area contributed by atoms with Gasteiger partial charge in [-0.2, -0.15) is 65.9 Å². The summed E-state index contributed by atoms with van der Waals surface area (Å²) in [5.74, 6) is -0.0141. The van der Waals surface area contributed by atoms with E-state index < -0.39 is 69.8 Å². The Morgan fingerprint density at radius 2 is 0.586 bits per heavy atom. The van der Waals surface area contributed by atoms with Crippen LogP contribution in [0.5, 0.6) is 0 Å². The van der Waals surface area contributed by atoms with Crippen molar-refractivity contribution in [2.45, 2.75) is 30.9 Å². The van der Waals surface area contributed by atoms with Gasteiger partial charge >= 0.3 is 30.9 Å². The van der Waals surface area contributed by atoms with Crippen LogP contribution in [-0.2, 0) is 30.9 Å². The third-order valence-corrected chi connectivity index (χ3v) is 14.6. The number of fused-ring (bicyclic) bond motifs is 3. The van der Waals surface area contributed by atoms with E-state index in [0.29, 0.717) is 46.5 Å². The lowest BCUT2D eigenvalue weighted by Gasteiger charge is -2.22. The first-order valence-corrected chi connectivity index (χ1v) is 26.2. The van der Waals surface area contributed by atoms with Crippen molar-refractivity contribution in [2.75, 3.05) is 0 Å². The number of aromatic nitrogens is 5. The van der Waals surface area contributed by atoms with Crippen LogP contribution in [0.1, 0.15) is 27.8 Å². The molecule has 0 bridgehead atoms. The van der Waals surface area contributed by atoms with Crippen LogP contribution in [0.2, 0.25) is 0 Å².